The summed E-state index contributed by atoms with van der Waals surface area (Å²) in [5.41, 5.74) is 1.91. The molecule has 0 N–H and O–H groups in total. The highest BCUT2D eigenvalue weighted by Crippen LogP contribution is 2.35. The number of carbonyl (C=O) groups is 1. The van der Waals surface area contributed by atoms with Gasteiger partial charge in [0.25, 0.3) is 5.91 Å². The highest BCUT2D eigenvalue weighted by atomic mass is 32.2. The first kappa shape index (κ1) is 25.4. The molecule has 0 aliphatic carbocycles. The molecule has 1 fully saturated rings. The predicted octanol–water partition coefficient (Wildman–Crippen LogP) is 5.28. The van der Waals surface area contributed by atoms with Gasteiger partial charge in [-0.1, -0.05) is 48.3 Å². The van der Waals surface area contributed by atoms with Crippen molar-refractivity contribution in [3.63, 3.8) is 0 Å². The van der Waals surface area contributed by atoms with Crippen LogP contribution in [0.1, 0.15) is 11.1 Å². The summed E-state index contributed by atoms with van der Waals surface area (Å²) in [6.07, 6.45) is 6.05. The smallest absolute Gasteiger partial charge is 0.266 e. The van der Waals surface area contributed by atoms with Crippen LogP contribution >= 0.6 is 24.0 Å². The fraction of sp³-hybridized carbons (Fsp3) is 0.231. The van der Waals surface area contributed by atoms with E-state index in [9.17, 15) is 4.79 Å². The van der Waals surface area contributed by atoms with Crippen molar-refractivity contribution in [2.24, 2.45) is 0 Å². The average Bonchev–Trinajstić information content (AvgIpc) is 3.10. The summed E-state index contributed by atoms with van der Waals surface area (Å²) in [4.78, 5) is 14.6. The van der Waals surface area contributed by atoms with Gasteiger partial charge in [-0.25, -0.2) is 0 Å². The summed E-state index contributed by atoms with van der Waals surface area (Å²) in [7, 11) is 3.18. The van der Waals surface area contributed by atoms with Crippen molar-refractivity contribution in [3.05, 3.63) is 77.7 Å². The van der Waals surface area contributed by atoms with Crippen LogP contribution in [0.5, 0.6) is 23.0 Å². The zero-order valence-electron chi connectivity index (χ0n) is 19.2. The summed E-state index contributed by atoms with van der Waals surface area (Å²) in [5.74, 6) is 2.33. The lowest BCUT2D eigenvalue weighted by Crippen LogP contribution is -2.27. The minimum Gasteiger partial charge on any atom is -0.493 e. The molecule has 6 nitrogen and oxygen atoms in total. The van der Waals surface area contributed by atoms with E-state index in [4.69, 9.17) is 31.2 Å². The molecule has 1 saturated heterocycles. The topological polar surface area (TPSA) is 57.2 Å². The lowest BCUT2D eigenvalue weighted by molar-refractivity contribution is -0.121. The normalized spacial score (nSPS) is 14.3. The van der Waals surface area contributed by atoms with Crippen LogP contribution in [-0.4, -0.2) is 49.1 Å². The molecule has 0 aromatic heterocycles. The monoisotopic (exact) mass is 497 g/mol. The van der Waals surface area contributed by atoms with E-state index in [2.05, 4.69) is 13.2 Å². The molecule has 8 heteroatoms. The van der Waals surface area contributed by atoms with E-state index < -0.39 is 0 Å². The number of allylic oxidation sites excluding steroid dienone is 1. The number of methoxy groups -OCH3 is 2. The Bertz CT molecular complexity index is 1110. The molecule has 0 bridgehead atoms. The number of hydrogen-bond acceptors (Lipinski definition) is 7. The summed E-state index contributed by atoms with van der Waals surface area (Å²) < 4.78 is 23.1. The second-order valence-corrected chi connectivity index (χ2v) is 8.84. The van der Waals surface area contributed by atoms with Crippen molar-refractivity contribution in [2.75, 3.05) is 34.0 Å². The second-order valence-electron chi connectivity index (χ2n) is 7.17. The molecule has 0 atom stereocenters. The van der Waals surface area contributed by atoms with Gasteiger partial charge in [0.1, 0.15) is 17.5 Å². The maximum atomic E-state index is 12.5. The standard InChI is InChI=1S/C26H27NO5S2/c1-5-7-18-8-10-20(22(15-18)29-3)31-13-14-32-21-11-9-19(16-23(21)30-4)17-24-25(28)27(12-6-2)26(33)34-24/h5-6,8-11,15-17H,1-2,7,12-14H2,3-4H3/b24-17-. The Morgan fingerprint density at radius 3 is 2.21 bits per heavy atom. The van der Waals surface area contributed by atoms with Crippen LogP contribution in [0.3, 0.4) is 0 Å². The predicted molar refractivity (Wildman–Crippen MR) is 141 cm³/mol. The van der Waals surface area contributed by atoms with Gasteiger partial charge in [-0.15, -0.1) is 13.2 Å². The second kappa shape index (κ2) is 12.3. The molecule has 1 amide bonds. The maximum Gasteiger partial charge on any atom is 0.266 e. The minimum atomic E-state index is -0.126. The van der Waals surface area contributed by atoms with Crippen LogP contribution in [0.25, 0.3) is 6.08 Å². The number of nitrogens with zero attached hydrogens (tertiary/aromatic N) is 1. The quantitative estimate of drug-likeness (QED) is 0.171. The number of benzene rings is 2. The minimum absolute atomic E-state index is 0.126. The Morgan fingerprint density at radius 2 is 1.59 bits per heavy atom. The van der Waals surface area contributed by atoms with E-state index in [1.807, 2.05) is 36.4 Å². The van der Waals surface area contributed by atoms with E-state index in [1.54, 1.807) is 32.4 Å². The first-order valence-corrected chi connectivity index (χ1v) is 11.8. The highest BCUT2D eigenvalue weighted by molar-refractivity contribution is 8.26. The van der Waals surface area contributed by atoms with Gasteiger partial charge >= 0.3 is 0 Å². The van der Waals surface area contributed by atoms with E-state index in [0.29, 0.717) is 52.0 Å². The zero-order valence-corrected chi connectivity index (χ0v) is 20.9. The molecular weight excluding hydrogens is 470 g/mol. The van der Waals surface area contributed by atoms with Gasteiger partial charge in [0.15, 0.2) is 23.0 Å². The van der Waals surface area contributed by atoms with Crippen molar-refractivity contribution >= 4 is 40.3 Å². The Balaban J connectivity index is 1.61. The molecule has 0 spiro atoms. The Kier molecular flexibility index (Phi) is 9.18. The summed E-state index contributed by atoms with van der Waals surface area (Å²) in [6, 6.07) is 11.3. The van der Waals surface area contributed by atoms with E-state index >= 15 is 0 Å². The fourth-order valence-corrected chi connectivity index (χ4v) is 4.53. The molecule has 2 aromatic rings. The first-order chi connectivity index (χ1) is 16.5. The number of carbonyl (C=O) groups excluding carboxylic acids is 1. The molecule has 1 heterocycles. The number of thiocarbonyl (C=S) groups is 1. The molecule has 178 valence electrons. The lowest BCUT2D eigenvalue weighted by Gasteiger charge is -2.14. The number of amides is 1. The summed E-state index contributed by atoms with van der Waals surface area (Å²) >= 11 is 6.56. The van der Waals surface area contributed by atoms with Crippen LogP contribution in [0.2, 0.25) is 0 Å². The fourth-order valence-electron chi connectivity index (χ4n) is 3.26. The van der Waals surface area contributed by atoms with E-state index in [0.717, 1.165) is 17.5 Å². The Hall–Kier alpha value is -3.23. The van der Waals surface area contributed by atoms with Gasteiger partial charge in [0.05, 0.1) is 19.1 Å². The number of rotatable bonds is 12. The third kappa shape index (κ3) is 6.21. The molecular formula is C26H27NO5S2. The average molecular weight is 498 g/mol. The zero-order chi connectivity index (χ0) is 24.5. The van der Waals surface area contributed by atoms with Gasteiger partial charge in [-0.2, -0.15) is 0 Å². The van der Waals surface area contributed by atoms with Crippen LogP contribution in [0, 0.1) is 0 Å². The summed E-state index contributed by atoms with van der Waals surface area (Å²) in [6.45, 7) is 8.46. The van der Waals surface area contributed by atoms with Gasteiger partial charge in [0, 0.05) is 6.54 Å². The third-order valence-corrected chi connectivity index (χ3v) is 6.26. The molecule has 2 aromatic carbocycles. The molecule has 0 unspecified atom stereocenters. The van der Waals surface area contributed by atoms with Gasteiger partial charge in [0.2, 0.25) is 0 Å². The van der Waals surface area contributed by atoms with Crippen LogP contribution in [0.4, 0.5) is 0 Å². The van der Waals surface area contributed by atoms with Crippen LogP contribution < -0.4 is 18.9 Å². The van der Waals surface area contributed by atoms with Gasteiger partial charge in [-0.3, -0.25) is 9.69 Å². The largest absolute Gasteiger partial charge is 0.493 e. The van der Waals surface area contributed by atoms with Crippen LogP contribution in [-0.2, 0) is 11.2 Å². The van der Waals surface area contributed by atoms with Crippen molar-refractivity contribution in [2.45, 2.75) is 6.42 Å². The van der Waals surface area contributed by atoms with Gasteiger partial charge < -0.3 is 18.9 Å². The molecule has 3 rings (SSSR count). The molecule has 1 aliphatic heterocycles. The lowest BCUT2D eigenvalue weighted by atomic mass is 10.1. The molecule has 1 aliphatic rings. The number of ether oxygens (including phenoxy) is 4. The molecule has 0 radical (unpaired) electrons. The number of thioether (sulfide) groups is 1. The first-order valence-electron chi connectivity index (χ1n) is 10.6. The Labute approximate surface area is 209 Å². The SMILES string of the molecule is C=CCc1ccc(OCCOc2ccc(/C=C3\SC(=S)N(CC=C)C3=O)cc2OC)c(OC)c1. The molecule has 34 heavy (non-hydrogen) atoms. The Morgan fingerprint density at radius 1 is 0.941 bits per heavy atom. The summed E-state index contributed by atoms with van der Waals surface area (Å²) in [5, 5.41) is 0. The number of hydrogen-bond donors (Lipinski definition) is 0. The van der Waals surface area contributed by atoms with Gasteiger partial charge in [-0.05, 0) is 47.9 Å². The molecule has 0 saturated carbocycles. The maximum absolute atomic E-state index is 12.5. The van der Waals surface area contributed by atoms with Crippen molar-refractivity contribution in [1.29, 1.82) is 0 Å². The van der Waals surface area contributed by atoms with E-state index in [-0.39, 0.29) is 5.91 Å². The van der Waals surface area contributed by atoms with Crippen molar-refractivity contribution in [3.8, 4) is 23.0 Å². The third-order valence-electron chi connectivity index (χ3n) is 4.88. The van der Waals surface area contributed by atoms with Crippen LogP contribution in [0.15, 0.2) is 66.6 Å². The highest BCUT2D eigenvalue weighted by Gasteiger charge is 2.31. The van der Waals surface area contributed by atoms with Crippen molar-refractivity contribution < 1.29 is 23.7 Å². The van der Waals surface area contributed by atoms with Crippen molar-refractivity contribution in [1.82, 2.24) is 4.90 Å². The van der Waals surface area contributed by atoms with E-state index in [1.165, 1.54) is 16.7 Å².